The molecule has 0 spiro atoms. The summed E-state index contributed by atoms with van der Waals surface area (Å²) in [6.45, 7) is 4.49. The molecule has 2 heterocycles. The van der Waals surface area contributed by atoms with E-state index in [0.717, 1.165) is 28.3 Å². The number of anilines is 1. The third-order valence-electron chi connectivity index (χ3n) is 4.44. The molecular weight excluding hydrogens is 396 g/mol. The van der Waals surface area contributed by atoms with Gasteiger partial charge in [0.25, 0.3) is 0 Å². The Morgan fingerprint density at radius 3 is 2.63 bits per heavy atom. The summed E-state index contributed by atoms with van der Waals surface area (Å²) in [5.74, 6) is 1.36. The fourth-order valence-electron chi connectivity index (χ4n) is 3.09. The Hall–Kier alpha value is -3.45. The normalized spacial score (nSPS) is 10.7. The Balaban J connectivity index is 1.53. The van der Waals surface area contributed by atoms with Crippen LogP contribution in [0.3, 0.4) is 0 Å². The number of thiazole rings is 1. The summed E-state index contributed by atoms with van der Waals surface area (Å²) in [6, 6.07) is 19.4. The van der Waals surface area contributed by atoms with E-state index in [9.17, 15) is 4.79 Å². The van der Waals surface area contributed by atoms with Crippen molar-refractivity contribution in [3.63, 3.8) is 0 Å². The minimum Gasteiger partial charge on any atom is -0.494 e. The van der Waals surface area contributed by atoms with Gasteiger partial charge in [0, 0.05) is 17.0 Å². The van der Waals surface area contributed by atoms with Gasteiger partial charge in [0.1, 0.15) is 11.6 Å². The van der Waals surface area contributed by atoms with Crippen LogP contribution >= 0.6 is 11.3 Å². The smallest absolute Gasteiger partial charge is 0.229 e. The highest BCUT2D eigenvalue weighted by molar-refractivity contribution is 7.12. The minimum absolute atomic E-state index is 0.0920. The van der Waals surface area contributed by atoms with E-state index >= 15 is 0 Å². The van der Waals surface area contributed by atoms with Gasteiger partial charge in [-0.25, -0.2) is 4.98 Å². The van der Waals surface area contributed by atoms with Crippen LogP contribution in [0.5, 0.6) is 5.75 Å². The first-order valence-corrected chi connectivity index (χ1v) is 10.6. The summed E-state index contributed by atoms with van der Waals surface area (Å²) in [5.41, 5.74) is 3.62. The number of rotatable bonds is 7. The molecule has 6 nitrogen and oxygen atoms in total. The van der Waals surface area contributed by atoms with Crippen LogP contribution in [0, 0.1) is 6.92 Å². The molecule has 0 aliphatic heterocycles. The van der Waals surface area contributed by atoms with Gasteiger partial charge in [-0.1, -0.05) is 30.3 Å². The van der Waals surface area contributed by atoms with Gasteiger partial charge in [0.2, 0.25) is 11.0 Å². The number of hydrogen-bond acceptors (Lipinski definition) is 5. The molecule has 0 fully saturated rings. The molecule has 0 aliphatic carbocycles. The molecule has 1 amide bonds. The lowest BCUT2D eigenvalue weighted by molar-refractivity contribution is -0.115. The molecule has 0 saturated carbocycles. The van der Waals surface area contributed by atoms with Gasteiger partial charge in [0.05, 0.1) is 24.4 Å². The molecule has 7 heteroatoms. The monoisotopic (exact) mass is 418 g/mol. The van der Waals surface area contributed by atoms with Crippen molar-refractivity contribution in [3.8, 4) is 22.1 Å². The molecule has 0 unspecified atom stereocenters. The maximum Gasteiger partial charge on any atom is 0.229 e. The van der Waals surface area contributed by atoms with Gasteiger partial charge in [0.15, 0.2) is 0 Å². The van der Waals surface area contributed by atoms with Gasteiger partial charge in [-0.05, 0) is 43.7 Å². The van der Waals surface area contributed by atoms with Crippen LogP contribution in [0.15, 0.2) is 66.0 Å². The molecule has 4 aromatic rings. The number of benzene rings is 2. The maximum atomic E-state index is 12.5. The van der Waals surface area contributed by atoms with E-state index < -0.39 is 0 Å². The van der Waals surface area contributed by atoms with E-state index in [2.05, 4.69) is 10.4 Å². The molecule has 0 atom stereocenters. The van der Waals surface area contributed by atoms with Crippen LogP contribution in [-0.2, 0) is 11.2 Å². The summed E-state index contributed by atoms with van der Waals surface area (Å²) < 4.78 is 7.18. The lowest BCUT2D eigenvalue weighted by Crippen LogP contribution is -2.17. The number of hydrogen-bond donors (Lipinski definition) is 1. The summed E-state index contributed by atoms with van der Waals surface area (Å²) in [7, 11) is 0. The van der Waals surface area contributed by atoms with Crippen LogP contribution in [0.1, 0.15) is 18.2 Å². The first kappa shape index (κ1) is 19.8. The second-order valence-corrected chi connectivity index (χ2v) is 7.60. The molecule has 0 radical (unpaired) electrons. The quantitative estimate of drug-likeness (QED) is 0.464. The van der Waals surface area contributed by atoms with E-state index in [1.165, 1.54) is 11.3 Å². The lowest BCUT2D eigenvalue weighted by atomic mass is 10.1. The summed E-state index contributed by atoms with van der Waals surface area (Å²) in [6.07, 6.45) is 0.306. The molecule has 30 heavy (non-hydrogen) atoms. The minimum atomic E-state index is -0.0920. The molecule has 152 valence electrons. The van der Waals surface area contributed by atoms with Gasteiger partial charge < -0.3 is 10.1 Å². The molecule has 0 saturated heterocycles. The number of nitrogens with zero attached hydrogens (tertiary/aromatic N) is 3. The average Bonchev–Trinajstić information content (AvgIpc) is 3.36. The number of aromatic nitrogens is 3. The number of aryl methyl sites for hydroxylation is 1. The van der Waals surface area contributed by atoms with Gasteiger partial charge in [-0.15, -0.1) is 11.3 Å². The standard InChI is InChI=1S/C23H22N4O2S/c1-3-29-19-11-9-18(10-12-19)20-15-30-23(24-20)27-21(13-16(2)26-27)25-22(28)14-17-7-5-4-6-8-17/h4-13,15H,3,14H2,1-2H3,(H,25,28). The van der Waals surface area contributed by atoms with Crippen LogP contribution in [0.25, 0.3) is 16.4 Å². The van der Waals surface area contributed by atoms with E-state index in [-0.39, 0.29) is 5.91 Å². The first-order chi connectivity index (χ1) is 14.6. The van der Waals surface area contributed by atoms with Crippen molar-refractivity contribution < 1.29 is 9.53 Å². The second-order valence-electron chi connectivity index (χ2n) is 6.77. The maximum absolute atomic E-state index is 12.5. The predicted molar refractivity (Wildman–Crippen MR) is 119 cm³/mol. The highest BCUT2D eigenvalue weighted by Gasteiger charge is 2.15. The number of carbonyl (C=O) groups is 1. The second kappa shape index (κ2) is 8.92. The van der Waals surface area contributed by atoms with Crippen molar-refractivity contribution >= 4 is 23.1 Å². The number of ether oxygens (including phenoxy) is 1. The van der Waals surface area contributed by atoms with Gasteiger partial charge in [-0.2, -0.15) is 9.78 Å². The van der Waals surface area contributed by atoms with Crippen LogP contribution in [-0.4, -0.2) is 27.3 Å². The summed E-state index contributed by atoms with van der Waals surface area (Å²) in [5, 5.41) is 10.2. The molecule has 2 aromatic heterocycles. The van der Waals surface area contributed by atoms with Crippen molar-refractivity contribution in [2.45, 2.75) is 20.3 Å². The van der Waals surface area contributed by atoms with Crippen molar-refractivity contribution in [2.24, 2.45) is 0 Å². The molecule has 1 N–H and O–H groups in total. The van der Waals surface area contributed by atoms with E-state index in [4.69, 9.17) is 9.72 Å². The van der Waals surface area contributed by atoms with Crippen molar-refractivity contribution in [3.05, 3.63) is 77.3 Å². The fraction of sp³-hybridized carbons (Fsp3) is 0.174. The largest absolute Gasteiger partial charge is 0.494 e. The zero-order valence-corrected chi connectivity index (χ0v) is 17.6. The first-order valence-electron chi connectivity index (χ1n) is 9.72. The zero-order valence-electron chi connectivity index (χ0n) is 16.8. The van der Waals surface area contributed by atoms with Crippen LogP contribution in [0.4, 0.5) is 5.82 Å². The van der Waals surface area contributed by atoms with Crippen LogP contribution in [0.2, 0.25) is 0 Å². The number of carbonyl (C=O) groups excluding carboxylic acids is 1. The predicted octanol–water partition coefficient (Wildman–Crippen LogP) is 4.88. The number of nitrogens with one attached hydrogen (secondary N) is 1. The van der Waals surface area contributed by atoms with E-state index in [1.54, 1.807) is 4.68 Å². The Morgan fingerprint density at radius 2 is 1.90 bits per heavy atom. The Bertz CT molecular complexity index is 1130. The lowest BCUT2D eigenvalue weighted by Gasteiger charge is -2.07. The Labute approximate surface area is 179 Å². The summed E-state index contributed by atoms with van der Waals surface area (Å²) >= 11 is 1.48. The Kier molecular flexibility index (Phi) is 5.90. The fourth-order valence-corrected chi connectivity index (χ4v) is 3.88. The highest BCUT2D eigenvalue weighted by Crippen LogP contribution is 2.27. The average molecular weight is 419 g/mol. The molecule has 0 aliphatic rings. The van der Waals surface area contributed by atoms with Crippen molar-refractivity contribution in [1.29, 1.82) is 0 Å². The van der Waals surface area contributed by atoms with Crippen molar-refractivity contribution in [2.75, 3.05) is 11.9 Å². The molecule has 4 rings (SSSR count). The van der Waals surface area contributed by atoms with E-state index in [0.29, 0.717) is 24.0 Å². The third-order valence-corrected chi connectivity index (χ3v) is 5.26. The topological polar surface area (TPSA) is 69.0 Å². The number of amides is 1. The zero-order chi connectivity index (χ0) is 20.9. The van der Waals surface area contributed by atoms with Gasteiger partial charge >= 0.3 is 0 Å². The SMILES string of the molecule is CCOc1ccc(-c2csc(-n3nc(C)cc3NC(=O)Cc3ccccc3)n2)cc1. The summed E-state index contributed by atoms with van der Waals surface area (Å²) in [4.78, 5) is 17.2. The molecule has 0 bridgehead atoms. The Morgan fingerprint density at radius 1 is 1.13 bits per heavy atom. The third kappa shape index (κ3) is 4.58. The van der Waals surface area contributed by atoms with Gasteiger partial charge in [-0.3, -0.25) is 4.79 Å². The molecule has 2 aromatic carbocycles. The van der Waals surface area contributed by atoms with Crippen molar-refractivity contribution in [1.82, 2.24) is 14.8 Å². The van der Waals surface area contributed by atoms with E-state index in [1.807, 2.05) is 79.9 Å². The highest BCUT2D eigenvalue weighted by atomic mass is 32.1. The van der Waals surface area contributed by atoms with Crippen LogP contribution < -0.4 is 10.1 Å². The molecular formula is C23H22N4O2S.